The maximum Gasteiger partial charge on any atom is 0.101 e. The van der Waals surface area contributed by atoms with Crippen LogP contribution in [0.3, 0.4) is 0 Å². The van der Waals surface area contributed by atoms with Crippen molar-refractivity contribution in [1.82, 2.24) is 5.32 Å². The summed E-state index contributed by atoms with van der Waals surface area (Å²) in [6.45, 7) is 9.33. The van der Waals surface area contributed by atoms with Gasteiger partial charge < -0.3 is 9.73 Å². The third-order valence-corrected chi connectivity index (χ3v) is 3.36. The predicted molar refractivity (Wildman–Crippen MR) is 74.9 cm³/mol. The molecule has 2 nitrogen and oxygen atoms in total. The molecule has 2 heteroatoms. The topological polar surface area (TPSA) is 25.2 Å². The first-order chi connectivity index (χ1) is 8.61. The maximum absolute atomic E-state index is 5.43. The van der Waals surface area contributed by atoms with Gasteiger partial charge in [0, 0.05) is 5.56 Å². The molecule has 2 aromatic rings. The summed E-state index contributed by atoms with van der Waals surface area (Å²) in [5.74, 6) is 0.955. The molecule has 1 heterocycles. The van der Waals surface area contributed by atoms with Crippen molar-refractivity contribution in [1.29, 1.82) is 0 Å². The highest BCUT2D eigenvalue weighted by Crippen LogP contribution is 2.25. The van der Waals surface area contributed by atoms with Crippen molar-refractivity contribution in [2.45, 2.75) is 33.7 Å². The molecule has 0 aliphatic carbocycles. The van der Waals surface area contributed by atoms with E-state index < -0.39 is 0 Å². The van der Waals surface area contributed by atoms with Crippen LogP contribution in [0.5, 0.6) is 0 Å². The van der Waals surface area contributed by atoms with Crippen LogP contribution in [0, 0.1) is 20.8 Å². The molecule has 0 radical (unpaired) electrons. The van der Waals surface area contributed by atoms with Crippen molar-refractivity contribution in [3.05, 3.63) is 58.5 Å². The molecular formula is C16H21NO. The lowest BCUT2D eigenvalue weighted by atomic mass is 9.97. The summed E-state index contributed by atoms with van der Waals surface area (Å²) < 4.78 is 5.43. The smallest absolute Gasteiger partial charge is 0.101 e. The Kier molecular flexibility index (Phi) is 3.87. The third kappa shape index (κ3) is 2.65. The van der Waals surface area contributed by atoms with E-state index in [1.807, 2.05) is 13.2 Å². The van der Waals surface area contributed by atoms with E-state index >= 15 is 0 Å². The zero-order chi connectivity index (χ0) is 13.1. The lowest BCUT2D eigenvalue weighted by Crippen LogP contribution is -2.21. The largest absolute Gasteiger partial charge is 0.469 e. The quantitative estimate of drug-likeness (QED) is 0.881. The third-order valence-electron chi connectivity index (χ3n) is 3.36. The van der Waals surface area contributed by atoms with Crippen LogP contribution in [0.15, 0.2) is 34.9 Å². The zero-order valence-corrected chi connectivity index (χ0v) is 11.6. The Bertz CT molecular complexity index is 528. The van der Waals surface area contributed by atoms with E-state index in [0.29, 0.717) is 0 Å². The van der Waals surface area contributed by atoms with Crippen LogP contribution >= 0.6 is 0 Å². The van der Waals surface area contributed by atoms with Crippen molar-refractivity contribution in [3.8, 4) is 0 Å². The molecule has 1 N–H and O–H groups in total. The first-order valence-electron chi connectivity index (χ1n) is 6.47. The zero-order valence-electron chi connectivity index (χ0n) is 11.6. The first kappa shape index (κ1) is 12.9. The molecule has 0 aliphatic rings. The van der Waals surface area contributed by atoms with Crippen molar-refractivity contribution in [3.63, 3.8) is 0 Å². The molecular weight excluding hydrogens is 222 g/mol. The van der Waals surface area contributed by atoms with E-state index in [0.717, 1.165) is 12.3 Å². The van der Waals surface area contributed by atoms with E-state index in [9.17, 15) is 0 Å². The maximum atomic E-state index is 5.43. The molecule has 96 valence electrons. The van der Waals surface area contributed by atoms with E-state index in [-0.39, 0.29) is 6.04 Å². The van der Waals surface area contributed by atoms with Gasteiger partial charge in [0.2, 0.25) is 0 Å². The summed E-state index contributed by atoms with van der Waals surface area (Å²) in [6, 6.07) is 8.94. The second kappa shape index (κ2) is 5.40. The number of nitrogens with one attached hydrogen (secondary N) is 1. The molecule has 2 rings (SSSR count). The monoisotopic (exact) mass is 243 g/mol. The van der Waals surface area contributed by atoms with Gasteiger partial charge in [-0.2, -0.15) is 0 Å². The Morgan fingerprint density at radius 2 is 1.83 bits per heavy atom. The molecule has 0 spiro atoms. The van der Waals surface area contributed by atoms with Gasteiger partial charge in [0.1, 0.15) is 5.76 Å². The van der Waals surface area contributed by atoms with E-state index in [1.165, 1.54) is 22.3 Å². The van der Waals surface area contributed by atoms with Gasteiger partial charge in [0.05, 0.1) is 12.3 Å². The van der Waals surface area contributed by atoms with Crippen molar-refractivity contribution >= 4 is 0 Å². The fraction of sp³-hybridized carbons (Fsp3) is 0.375. The minimum atomic E-state index is 0.215. The van der Waals surface area contributed by atoms with Gasteiger partial charge in [-0.05, 0) is 50.1 Å². The fourth-order valence-corrected chi connectivity index (χ4v) is 2.19. The standard InChI is InChI=1S/C16H21NO/c1-5-17-16(15-9-13(4)18-10-15)14-7-6-11(2)12(3)8-14/h6-10,16-17H,5H2,1-4H3. The van der Waals surface area contributed by atoms with Crippen molar-refractivity contribution in [2.24, 2.45) is 0 Å². The van der Waals surface area contributed by atoms with Crippen LogP contribution < -0.4 is 5.32 Å². The summed E-state index contributed by atoms with van der Waals surface area (Å²) in [7, 11) is 0. The summed E-state index contributed by atoms with van der Waals surface area (Å²) >= 11 is 0. The van der Waals surface area contributed by atoms with Gasteiger partial charge in [-0.3, -0.25) is 0 Å². The Morgan fingerprint density at radius 3 is 2.39 bits per heavy atom. The Balaban J connectivity index is 2.37. The SMILES string of the molecule is CCNC(c1coc(C)c1)c1ccc(C)c(C)c1. The molecule has 0 saturated heterocycles. The summed E-state index contributed by atoms with van der Waals surface area (Å²) in [5, 5.41) is 3.52. The lowest BCUT2D eigenvalue weighted by Gasteiger charge is -2.18. The average Bonchev–Trinajstić information content (AvgIpc) is 2.76. The van der Waals surface area contributed by atoms with Crippen LogP contribution in [0.1, 0.15) is 41.0 Å². The highest BCUT2D eigenvalue weighted by molar-refractivity contribution is 5.36. The Labute approximate surface area is 109 Å². The first-order valence-corrected chi connectivity index (χ1v) is 6.47. The number of rotatable bonds is 4. The Morgan fingerprint density at radius 1 is 1.06 bits per heavy atom. The second-order valence-electron chi connectivity index (χ2n) is 4.83. The van der Waals surface area contributed by atoms with Gasteiger partial charge in [0.15, 0.2) is 0 Å². The Hall–Kier alpha value is -1.54. The van der Waals surface area contributed by atoms with Gasteiger partial charge in [-0.1, -0.05) is 25.1 Å². The molecule has 1 aromatic heterocycles. The van der Waals surface area contributed by atoms with Crippen molar-refractivity contribution < 1.29 is 4.42 Å². The molecule has 1 atom stereocenters. The molecule has 0 aliphatic heterocycles. The molecule has 0 fully saturated rings. The minimum absolute atomic E-state index is 0.215. The summed E-state index contributed by atoms with van der Waals surface area (Å²) in [6.07, 6.45) is 1.85. The fourth-order valence-electron chi connectivity index (χ4n) is 2.19. The van der Waals surface area contributed by atoms with Crippen LogP contribution in [0.25, 0.3) is 0 Å². The summed E-state index contributed by atoms with van der Waals surface area (Å²) in [4.78, 5) is 0. The minimum Gasteiger partial charge on any atom is -0.469 e. The normalized spacial score (nSPS) is 12.7. The number of furan rings is 1. The van der Waals surface area contributed by atoms with Crippen LogP contribution in [-0.4, -0.2) is 6.54 Å². The van der Waals surface area contributed by atoms with Gasteiger partial charge in [-0.15, -0.1) is 0 Å². The molecule has 0 amide bonds. The number of hydrogen-bond acceptors (Lipinski definition) is 2. The van der Waals surface area contributed by atoms with Crippen LogP contribution in [0.2, 0.25) is 0 Å². The lowest BCUT2D eigenvalue weighted by molar-refractivity contribution is 0.525. The summed E-state index contributed by atoms with van der Waals surface area (Å²) in [5.41, 5.74) is 5.14. The molecule has 18 heavy (non-hydrogen) atoms. The van der Waals surface area contributed by atoms with E-state index in [4.69, 9.17) is 4.42 Å². The molecule has 1 unspecified atom stereocenters. The van der Waals surface area contributed by atoms with Crippen LogP contribution in [-0.2, 0) is 0 Å². The highest BCUT2D eigenvalue weighted by Gasteiger charge is 2.15. The van der Waals surface area contributed by atoms with Crippen molar-refractivity contribution in [2.75, 3.05) is 6.54 Å². The van der Waals surface area contributed by atoms with Gasteiger partial charge >= 0.3 is 0 Å². The molecule has 1 aromatic carbocycles. The second-order valence-corrected chi connectivity index (χ2v) is 4.83. The number of aryl methyl sites for hydroxylation is 3. The molecule has 0 saturated carbocycles. The van der Waals surface area contributed by atoms with Crippen LogP contribution in [0.4, 0.5) is 0 Å². The highest BCUT2D eigenvalue weighted by atomic mass is 16.3. The predicted octanol–water partition coefficient (Wildman–Crippen LogP) is 3.90. The van der Waals surface area contributed by atoms with E-state index in [2.05, 4.69) is 50.4 Å². The van der Waals surface area contributed by atoms with E-state index in [1.54, 1.807) is 0 Å². The number of benzene rings is 1. The number of hydrogen-bond donors (Lipinski definition) is 1. The van der Waals surface area contributed by atoms with Gasteiger partial charge in [-0.25, -0.2) is 0 Å². The average molecular weight is 243 g/mol. The molecule has 0 bridgehead atoms. The van der Waals surface area contributed by atoms with Gasteiger partial charge in [0.25, 0.3) is 0 Å².